The molecule has 3 N–H and O–H groups in total. The normalized spacial score (nSPS) is 11.5. The van der Waals surface area contributed by atoms with E-state index in [9.17, 15) is 19.7 Å². The molecule has 23 heavy (non-hydrogen) atoms. The number of amides is 2. The second-order valence-corrected chi connectivity index (χ2v) is 4.92. The Kier molecular flexibility index (Phi) is 5.16. The van der Waals surface area contributed by atoms with E-state index in [4.69, 9.17) is 5.73 Å². The average Bonchev–Trinajstić information content (AvgIpc) is 2.55. The summed E-state index contributed by atoms with van der Waals surface area (Å²) < 4.78 is 0. The van der Waals surface area contributed by atoms with Gasteiger partial charge >= 0.3 is 0 Å². The highest BCUT2D eigenvalue weighted by Crippen LogP contribution is 2.11. The van der Waals surface area contributed by atoms with Crippen LogP contribution in [-0.4, -0.2) is 22.8 Å². The Morgan fingerprint density at radius 2 is 1.70 bits per heavy atom. The highest BCUT2D eigenvalue weighted by molar-refractivity contribution is 6.06. The zero-order valence-electron chi connectivity index (χ0n) is 12.1. The molecule has 0 bridgehead atoms. The molecule has 0 aliphatic heterocycles. The SMILES string of the molecule is N[C@@H](Cc1ccccc1)C(=O)NC(=O)c1ccc([N+](=O)[O-])cc1. The predicted molar refractivity (Wildman–Crippen MR) is 83.7 cm³/mol. The summed E-state index contributed by atoms with van der Waals surface area (Å²) in [5.74, 6) is -1.24. The molecular formula is C16H15N3O4. The lowest BCUT2D eigenvalue weighted by molar-refractivity contribution is -0.384. The molecule has 0 heterocycles. The van der Waals surface area contributed by atoms with Crippen molar-refractivity contribution in [3.05, 3.63) is 75.8 Å². The fraction of sp³-hybridized carbons (Fsp3) is 0.125. The van der Waals surface area contributed by atoms with Crippen molar-refractivity contribution in [1.29, 1.82) is 0 Å². The number of nitrogens with one attached hydrogen (secondary N) is 1. The molecule has 0 unspecified atom stereocenters. The maximum atomic E-state index is 11.9. The Bertz CT molecular complexity index is 714. The average molecular weight is 313 g/mol. The van der Waals surface area contributed by atoms with Crippen LogP contribution in [0.5, 0.6) is 0 Å². The van der Waals surface area contributed by atoms with Crippen molar-refractivity contribution in [2.45, 2.75) is 12.5 Å². The summed E-state index contributed by atoms with van der Waals surface area (Å²) >= 11 is 0. The van der Waals surface area contributed by atoms with Crippen molar-refractivity contribution < 1.29 is 14.5 Å². The molecule has 0 radical (unpaired) electrons. The number of rotatable bonds is 5. The van der Waals surface area contributed by atoms with Gasteiger partial charge in [-0.1, -0.05) is 30.3 Å². The molecule has 0 spiro atoms. The Hall–Kier alpha value is -3.06. The van der Waals surface area contributed by atoms with E-state index in [1.54, 1.807) is 0 Å². The van der Waals surface area contributed by atoms with Gasteiger partial charge in [0.05, 0.1) is 11.0 Å². The second-order valence-electron chi connectivity index (χ2n) is 4.92. The first kappa shape index (κ1) is 16.3. The molecule has 2 aromatic carbocycles. The summed E-state index contributed by atoms with van der Waals surface area (Å²) in [4.78, 5) is 33.9. The van der Waals surface area contributed by atoms with E-state index in [1.165, 1.54) is 24.3 Å². The number of nitro benzene ring substituents is 1. The van der Waals surface area contributed by atoms with E-state index in [1.807, 2.05) is 30.3 Å². The molecule has 0 saturated carbocycles. The quantitative estimate of drug-likeness (QED) is 0.640. The Morgan fingerprint density at radius 3 is 2.26 bits per heavy atom. The summed E-state index contributed by atoms with van der Waals surface area (Å²) in [7, 11) is 0. The third-order valence-electron chi connectivity index (χ3n) is 3.21. The van der Waals surface area contributed by atoms with E-state index in [-0.39, 0.29) is 11.3 Å². The summed E-state index contributed by atoms with van der Waals surface area (Å²) in [6, 6.07) is 13.3. The summed E-state index contributed by atoms with van der Waals surface area (Å²) in [6.07, 6.45) is 0.306. The largest absolute Gasteiger partial charge is 0.320 e. The van der Waals surface area contributed by atoms with E-state index < -0.39 is 22.8 Å². The minimum Gasteiger partial charge on any atom is -0.320 e. The van der Waals surface area contributed by atoms with Crippen LogP contribution in [0.4, 0.5) is 5.69 Å². The van der Waals surface area contributed by atoms with Crippen molar-refractivity contribution in [3.63, 3.8) is 0 Å². The number of nitro groups is 1. The van der Waals surface area contributed by atoms with E-state index in [2.05, 4.69) is 5.32 Å². The van der Waals surface area contributed by atoms with Crippen LogP contribution >= 0.6 is 0 Å². The molecule has 0 saturated heterocycles. The first-order chi connectivity index (χ1) is 11.0. The molecule has 7 nitrogen and oxygen atoms in total. The van der Waals surface area contributed by atoms with E-state index in [0.717, 1.165) is 5.56 Å². The molecular weight excluding hydrogens is 298 g/mol. The Morgan fingerprint density at radius 1 is 1.09 bits per heavy atom. The topological polar surface area (TPSA) is 115 Å². The van der Waals surface area contributed by atoms with E-state index in [0.29, 0.717) is 6.42 Å². The van der Waals surface area contributed by atoms with Crippen LogP contribution in [0.15, 0.2) is 54.6 Å². The number of hydrogen-bond acceptors (Lipinski definition) is 5. The lowest BCUT2D eigenvalue weighted by atomic mass is 10.1. The van der Waals surface area contributed by atoms with Gasteiger partial charge in [-0.15, -0.1) is 0 Å². The predicted octanol–water partition coefficient (Wildman–Crippen LogP) is 1.42. The van der Waals surface area contributed by atoms with Gasteiger partial charge in [0.25, 0.3) is 11.6 Å². The molecule has 7 heteroatoms. The molecule has 1 atom stereocenters. The number of benzene rings is 2. The highest BCUT2D eigenvalue weighted by atomic mass is 16.6. The van der Waals surface area contributed by atoms with Gasteiger partial charge < -0.3 is 5.73 Å². The monoisotopic (exact) mass is 313 g/mol. The Balaban J connectivity index is 1.96. The van der Waals surface area contributed by atoms with E-state index >= 15 is 0 Å². The van der Waals surface area contributed by atoms with Crippen LogP contribution in [0.25, 0.3) is 0 Å². The fourth-order valence-corrected chi connectivity index (χ4v) is 1.97. The molecule has 2 rings (SSSR count). The third kappa shape index (κ3) is 4.45. The molecule has 0 aromatic heterocycles. The second kappa shape index (κ2) is 7.28. The molecule has 0 fully saturated rings. The van der Waals surface area contributed by atoms with Crippen molar-refractivity contribution in [2.75, 3.05) is 0 Å². The van der Waals surface area contributed by atoms with Crippen LogP contribution in [0.1, 0.15) is 15.9 Å². The van der Waals surface area contributed by atoms with Gasteiger partial charge in [-0.3, -0.25) is 25.0 Å². The minimum atomic E-state index is -0.862. The van der Waals surface area contributed by atoms with Gasteiger partial charge in [-0.05, 0) is 24.1 Å². The number of nitrogens with zero attached hydrogens (tertiary/aromatic N) is 1. The van der Waals surface area contributed by atoms with Crippen molar-refractivity contribution in [2.24, 2.45) is 5.73 Å². The summed E-state index contributed by atoms with van der Waals surface area (Å²) in [5.41, 5.74) is 6.69. The molecule has 0 aliphatic carbocycles. The minimum absolute atomic E-state index is 0.131. The molecule has 118 valence electrons. The third-order valence-corrected chi connectivity index (χ3v) is 3.21. The number of hydrogen-bond donors (Lipinski definition) is 2. The van der Waals surface area contributed by atoms with Crippen LogP contribution in [-0.2, 0) is 11.2 Å². The number of nitrogens with two attached hydrogens (primary N) is 1. The van der Waals surface area contributed by atoms with Gasteiger partial charge in [0.2, 0.25) is 5.91 Å². The number of carbonyl (C=O) groups is 2. The maximum Gasteiger partial charge on any atom is 0.269 e. The van der Waals surface area contributed by atoms with Crippen molar-refractivity contribution in [3.8, 4) is 0 Å². The van der Waals surface area contributed by atoms with Crippen LogP contribution in [0, 0.1) is 10.1 Å². The van der Waals surface area contributed by atoms with Gasteiger partial charge in [-0.2, -0.15) is 0 Å². The van der Waals surface area contributed by atoms with Gasteiger partial charge in [0.15, 0.2) is 0 Å². The van der Waals surface area contributed by atoms with Crippen LogP contribution < -0.4 is 11.1 Å². The number of carbonyl (C=O) groups excluding carboxylic acids is 2. The van der Waals surface area contributed by atoms with Gasteiger partial charge in [-0.25, -0.2) is 0 Å². The number of imide groups is 1. The summed E-state index contributed by atoms with van der Waals surface area (Å²) in [6.45, 7) is 0. The zero-order chi connectivity index (χ0) is 16.8. The molecule has 2 amide bonds. The Labute approximate surface area is 132 Å². The fourth-order valence-electron chi connectivity index (χ4n) is 1.97. The maximum absolute atomic E-state index is 11.9. The van der Waals surface area contributed by atoms with Crippen molar-refractivity contribution in [1.82, 2.24) is 5.32 Å². The standard InChI is InChI=1S/C16H15N3O4/c17-14(10-11-4-2-1-3-5-11)16(21)18-15(20)12-6-8-13(9-7-12)19(22)23/h1-9,14H,10,17H2,(H,18,20,21)/t14-/m0/s1. The zero-order valence-corrected chi connectivity index (χ0v) is 12.1. The smallest absolute Gasteiger partial charge is 0.269 e. The van der Waals surface area contributed by atoms with Crippen molar-refractivity contribution >= 4 is 17.5 Å². The summed E-state index contributed by atoms with van der Waals surface area (Å²) in [5, 5.41) is 12.7. The first-order valence-corrected chi connectivity index (χ1v) is 6.86. The molecule has 2 aromatic rings. The van der Waals surface area contributed by atoms with Gasteiger partial charge in [0, 0.05) is 17.7 Å². The van der Waals surface area contributed by atoms with Gasteiger partial charge in [0.1, 0.15) is 0 Å². The van der Waals surface area contributed by atoms with Crippen LogP contribution in [0.2, 0.25) is 0 Å². The van der Waals surface area contributed by atoms with Crippen LogP contribution in [0.3, 0.4) is 0 Å². The lowest BCUT2D eigenvalue weighted by Crippen LogP contribution is -2.44. The highest BCUT2D eigenvalue weighted by Gasteiger charge is 2.18. The lowest BCUT2D eigenvalue weighted by Gasteiger charge is -2.11. The number of non-ortho nitro benzene ring substituents is 1. The molecule has 0 aliphatic rings. The first-order valence-electron chi connectivity index (χ1n) is 6.86.